The predicted molar refractivity (Wildman–Crippen MR) is 97.5 cm³/mol. The molecule has 0 aliphatic heterocycles. The van der Waals surface area contributed by atoms with Gasteiger partial charge in [-0.15, -0.1) is 11.3 Å². The SMILES string of the molecule is COc1ccccc1C(CC(C)C)NC(=O)c1csc(CCN)n1. The van der Waals surface area contributed by atoms with Gasteiger partial charge in [0.05, 0.1) is 18.2 Å². The van der Waals surface area contributed by atoms with Crippen LogP contribution < -0.4 is 15.8 Å². The molecule has 1 unspecified atom stereocenters. The van der Waals surface area contributed by atoms with Crippen molar-refractivity contribution >= 4 is 17.2 Å². The van der Waals surface area contributed by atoms with Crippen molar-refractivity contribution in [2.75, 3.05) is 13.7 Å². The number of benzene rings is 1. The molecule has 24 heavy (non-hydrogen) atoms. The van der Waals surface area contributed by atoms with Crippen molar-refractivity contribution in [2.24, 2.45) is 11.7 Å². The van der Waals surface area contributed by atoms with Crippen molar-refractivity contribution < 1.29 is 9.53 Å². The Labute approximate surface area is 147 Å². The van der Waals surface area contributed by atoms with Crippen LogP contribution in [0.15, 0.2) is 29.6 Å². The van der Waals surface area contributed by atoms with E-state index in [0.29, 0.717) is 24.6 Å². The van der Waals surface area contributed by atoms with Gasteiger partial charge < -0.3 is 15.8 Å². The molecule has 0 bridgehead atoms. The molecule has 0 saturated carbocycles. The van der Waals surface area contributed by atoms with E-state index in [-0.39, 0.29) is 11.9 Å². The highest BCUT2D eigenvalue weighted by molar-refractivity contribution is 7.09. The minimum Gasteiger partial charge on any atom is -0.496 e. The Morgan fingerprint density at radius 1 is 1.38 bits per heavy atom. The van der Waals surface area contributed by atoms with Gasteiger partial charge in [-0.2, -0.15) is 0 Å². The summed E-state index contributed by atoms with van der Waals surface area (Å²) < 4.78 is 5.45. The van der Waals surface area contributed by atoms with Crippen LogP contribution in [-0.2, 0) is 6.42 Å². The Morgan fingerprint density at radius 2 is 2.12 bits per heavy atom. The Kier molecular flexibility index (Phi) is 6.75. The van der Waals surface area contributed by atoms with Gasteiger partial charge in [0.2, 0.25) is 0 Å². The lowest BCUT2D eigenvalue weighted by atomic mass is 9.96. The summed E-state index contributed by atoms with van der Waals surface area (Å²) in [5.74, 6) is 1.06. The van der Waals surface area contributed by atoms with E-state index in [2.05, 4.69) is 24.1 Å². The number of hydrogen-bond donors (Lipinski definition) is 2. The maximum Gasteiger partial charge on any atom is 0.271 e. The molecule has 6 heteroatoms. The zero-order chi connectivity index (χ0) is 17.5. The molecule has 2 rings (SSSR count). The Balaban J connectivity index is 2.20. The van der Waals surface area contributed by atoms with E-state index in [1.54, 1.807) is 12.5 Å². The Hall–Kier alpha value is -1.92. The molecule has 1 aromatic heterocycles. The fourth-order valence-electron chi connectivity index (χ4n) is 2.58. The number of carbonyl (C=O) groups is 1. The van der Waals surface area contributed by atoms with Gasteiger partial charge in [0.15, 0.2) is 0 Å². The number of carbonyl (C=O) groups excluding carboxylic acids is 1. The average molecular weight is 347 g/mol. The quantitative estimate of drug-likeness (QED) is 0.769. The smallest absolute Gasteiger partial charge is 0.271 e. The number of para-hydroxylation sites is 1. The van der Waals surface area contributed by atoms with Crippen LogP contribution in [0.25, 0.3) is 0 Å². The molecule has 0 radical (unpaired) electrons. The maximum atomic E-state index is 12.6. The summed E-state index contributed by atoms with van der Waals surface area (Å²) in [7, 11) is 1.65. The fourth-order valence-corrected chi connectivity index (χ4v) is 3.37. The summed E-state index contributed by atoms with van der Waals surface area (Å²) in [4.78, 5) is 17.0. The molecule has 0 saturated heterocycles. The van der Waals surface area contributed by atoms with Gasteiger partial charge in [-0.3, -0.25) is 4.79 Å². The van der Waals surface area contributed by atoms with Gasteiger partial charge in [0, 0.05) is 17.4 Å². The predicted octanol–water partition coefficient (Wildman–Crippen LogP) is 3.17. The zero-order valence-corrected chi connectivity index (χ0v) is 15.2. The molecule has 1 atom stereocenters. The number of nitrogens with zero attached hydrogens (tertiary/aromatic N) is 1. The lowest BCUT2D eigenvalue weighted by Crippen LogP contribution is -2.30. The molecular weight excluding hydrogens is 322 g/mol. The van der Waals surface area contributed by atoms with Crippen LogP contribution in [0.3, 0.4) is 0 Å². The number of nitrogens with one attached hydrogen (secondary N) is 1. The molecule has 0 aliphatic rings. The van der Waals surface area contributed by atoms with E-state index in [1.165, 1.54) is 11.3 Å². The van der Waals surface area contributed by atoms with Crippen LogP contribution in [0, 0.1) is 5.92 Å². The van der Waals surface area contributed by atoms with Crippen LogP contribution in [0.1, 0.15) is 47.4 Å². The molecule has 1 amide bonds. The summed E-state index contributed by atoms with van der Waals surface area (Å²) >= 11 is 1.47. The van der Waals surface area contributed by atoms with Crippen LogP contribution in [0.4, 0.5) is 0 Å². The number of aromatic nitrogens is 1. The van der Waals surface area contributed by atoms with Gasteiger partial charge in [-0.1, -0.05) is 32.0 Å². The summed E-state index contributed by atoms with van der Waals surface area (Å²) in [5, 5.41) is 5.78. The molecule has 1 aromatic carbocycles. The van der Waals surface area contributed by atoms with Gasteiger partial charge >= 0.3 is 0 Å². The van der Waals surface area contributed by atoms with Gasteiger partial charge in [-0.05, 0) is 24.9 Å². The van der Waals surface area contributed by atoms with E-state index in [0.717, 1.165) is 22.7 Å². The summed E-state index contributed by atoms with van der Waals surface area (Å²) in [6, 6.07) is 7.67. The normalized spacial score (nSPS) is 12.2. The first-order valence-electron chi connectivity index (χ1n) is 8.13. The number of rotatable bonds is 8. The lowest BCUT2D eigenvalue weighted by Gasteiger charge is -2.22. The fraction of sp³-hybridized carbons (Fsp3) is 0.444. The molecular formula is C18H25N3O2S. The third-order valence-corrected chi connectivity index (χ3v) is 4.58. The van der Waals surface area contributed by atoms with Crippen LogP contribution in [0.5, 0.6) is 5.75 Å². The number of thiazole rings is 1. The number of methoxy groups -OCH3 is 1. The third-order valence-electron chi connectivity index (χ3n) is 3.67. The first-order valence-corrected chi connectivity index (χ1v) is 9.01. The van der Waals surface area contributed by atoms with Crippen molar-refractivity contribution in [3.8, 4) is 5.75 Å². The highest BCUT2D eigenvalue weighted by Gasteiger charge is 2.21. The molecule has 0 spiro atoms. The number of ether oxygens (including phenoxy) is 1. The average Bonchev–Trinajstić information content (AvgIpc) is 3.03. The largest absolute Gasteiger partial charge is 0.496 e. The second-order valence-corrected chi connectivity index (χ2v) is 7.01. The van der Waals surface area contributed by atoms with Crippen LogP contribution >= 0.6 is 11.3 Å². The molecule has 3 N–H and O–H groups in total. The minimum atomic E-state index is -0.161. The van der Waals surface area contributed by atoms with Crippen molar-refractivity contribution in [3.05, 3.63) is 45.9 Å². The maximum absolute atomic E-state index is 12.6. The molecule has 0 fully saturated rings. The van der Waals surface area contributed by atoms with Gasteiger partial charge in [0.25, 0.3) is 5.91 Å². The molecule has 1 heterocycles. The third kappa shape index (κ3) is 4.79. The highest BCUT2D eigenvalue weighted by atomic mass is 32.1. The number of hydrogen-bond acceptors (Lipinski definition) is 5. The summed E-state index contributed by atoms with van der Waals surface area (Å²) in [6.07, 6.45) is 1.52. The van der Waals surface area contributed by atoms with E-state index in [4.69, 9.17) is 10.5 Å². The van der Waals surface area contributed by atoms with Crippen molar-refractivity contribution in [1.29, 1.82) is 0 Å². The van der Waals surface area contributed by atoms with E-state index < -0.39 is 0 Å². The standard InChI is InChI=1S/C18H25N3O2S/c1-12(2)10-14(13-6-4-5-7-16(13)23-3)21-18(22)15-11-24-17(20-15)8-9-19/h4-7,11-12,14H,8-10,19H2,1-3H3,(H,21,22). The minimum absolute atomic E-state index is 0.117. The van der Waals surface area contributed by atoms with Gasteiger partial charge in [-0.25, -0.2) is 4.98 Å². The molecule has 2 aromatic rings. The first kappa shape index (κ1) is 18.4. The van der Waals surface area contributed by atoms with E-state index in [1.807, 2.05) is 24.3 Å². The number of amides is 1. The number of nitrogens with two attached hydrogens (primary N) is 1. The summed E-state index contributed by atoms with van der Waals surface area (Å²) in [5.41, 5.74) is 6.98. The highest BCUT2D eigenvalue weighted by Crippen LogP contribution is 2.29. The summed E-state index contributed by atoms with van der Waals surface area (Å²) in [6.45, 7) is 4.80. The van der Waals surface area contributed by atoms with E-state index in [9.17, 15) is 4.79 Å². The van der Waals surface area contributed by atoms with Gasteiger partial charge in [0.1, 0.15) is 11.4 Å². The van der Waals surface area contributed by atoms with Crippen LogP contribution in [0.2, 0.25) is 0 Å². The monoisotopic (exact) mass is 347 g/mol. The van der Waals surface area contributed by atoms with Crippen molar-refractivity contribution in [2.45, 2.75) is 32.7 Å². The topological polar surface area (TPSA) is 77.2 Å². The van der Waals surface area contributed by atoms with Crippen molar-refractivity contribution in [3.63, 3.8) is 0 Å². The molecule has 130 valence electrons. The first-order chi connectivity index (χ1) is 11.5. The van der Waals surface area contributed by atoms with Crippen molar-refractivity contribution in [1.82, 2.24) is 10.3 Å². The second-order valence-electron chi connectivity index (χ2n) is 6.06. The second kappa shape index (κ2) is 8.80. The Bertz CT molecular complexity index is 670. The lowest BCUT2D eigenvalue weighted by molar-refractivity contribution is 0.0927. The van der Waals surface area contributed by atoms with E-state index >= 15 is 0 Å². The molecule has 0 aliphatic carbocycles. The van der Waals surface area contributed by atoms with Crippen LogP contribution in [-0.4, -0.2) is 24.5 Å². The molecule has 5 nitrogen and oxygen atoms in total. The zero-order valence-electron chi connectivity index (χ0n) is 14.4. The Morgan fingerprint density at radius 3 is 2.79 bits per heavy atom.